The first kappa shape index (κ1) is 32.8. The monoisotopic (exact) mass is 631 g/mol. The molecule has 44 heavy (non-hydrogen) atoms. The van der Waals surface area contributed by atoms with Crippen molar-refractivity contribution >= 4 is 39.1 Å². The van der Waals surface area contributed by atoms with E-state index >= 15 is 0 Å². The van der Waals surface area contributed by atoms with Crippen molar-refractivity contribution in [1.82, 2.24) is 10.2 Å². The summed E-state index contributed by atoms with van der Waals surface area (Å²) in [4.78, 5) is 29.7. The molecule has 4 rings (SSSR count). The number of likely N-dealkylation sites (N-methyl/N-ethyl adjacent to an activating group) is 1. The molecule has 4 aromatic carbocycles. The summed E-state index contributed by atoms with van der Waals surface area (Å²) in [5.74, 6) is -0.820. The third-order valence-corrected chi connectivity index (χ3v) is 9.55. The number of benzene rings is 4. The lowest BCUT2D eigenvalue weighted by atomic mass is 10.0. The van der Waals surface area contributed by atoms with E-state index in [1.165, 1.54) is 17.0 Å². The van der Waals surface area contributed by atoms with Gasteiger partial charge < -0.3 is 10.2 Å². The van der Waals surface area contributed by atoms with E-state index in [4.69, 9.17) is 11.6 Å². The highest BCUT2D eigenvalue weighted by atomic mass is 35.5. The van der Waals surface area contributed by atoms with Crippen LogP contribution in [0.1, 0.15) is 34.7 Å². The molecule has 4 aromatic rings. The van der Waals surface area contributed by atoms with Gasteiger partial charge in [-0.05, 0) is 80.3 Å². The third kappa shape index (κ3) is 7.87. The minimum absolute atomic E-state index is 0.0558. The van der Waals surface area contributed by atoms with Crippen molar-refractivity contribution in [2.75, 3.05) is 17.4 Å². The van der Waals surface area contributed by atoms with Crippen LogP contribution in [0.5, 0.6) is 0 Å². The molecular weight excluding hydrogens is 594 g/mol. The second-order valence-electron chi connectivity index (χ2n) is 10.8. The Morgan fingerprint density at radius 2 is 1.50 bits per heavy atom. The number of carbonyl (C=O) groups is 2. The first-order chi connectivity index (χ1) is 21.0. The minimum Gasteiger partial charge on any atom is -0.355 e. The van der Waals surface area contributed by atoms with Gasteiger partial charge in [0, 0.05) is 24.5 Å². The summed E-state index contributed by atoms with van der Waals surface area (Å²) in [5, 5.41) is 3.33. The van der Waals surface area contributed by atoms with Crippen LogP contribution < -0.4 is 9.62 Å². The summed E-state index contributed by atoms with van der Waals surface area (Å²) in [5.41, 5.74) is 4.53. The van der Waals surface area contributed by atoms with Gasteiger partial charge in [0.1, 0.15) is 12.6 Å². The zero-order valence-electron chi connectivity index (χ0n) is 25.5. The van der Waals surface area contributed by atoms with Gasteiger partial charge in [0.05, 0.1) is 10.6 Å². The number of hydrogen-bond acceptors (Lipinski definition) is 4. The Hall–Kier alpha value is -4.14. The maximum atomic E-state index is 14.5. The largest absolute Gasteiger partial charge is 0.355 e. The van der Waals surface area contributed by atoms with Crippen LogP contribution in [0.4, 0.5) is 5.69 Å². The van der Waals surface area contributed by atoms with Gasteiger partial charge >= 0.3 is 0 Å². The number of rotatable bonds is 12. The van der Waals surface area contributed by atoms with Crippen LogP contribution in [0.25, 0.3) is 0 Å². The van der Waals surface area contributed by atoms with Crippen molar-refractivity contribution in [2.24, 2.45) is 0 Å². The van der Waals surface area contributed by atoms with Crippen LogP contribution in [0.2, 0.25) is 5.02 Å². The molecule has 0 aliphatic rings. The van der Waals surface area contributed by atoms with Gasteiger partial charge in [-0.25, -0.2) is 8.42 Å². The number of halogens is 1. The Labute approximate surface area is 265 Å². The summed E-state index contributed by atoms with van der Waals surface area (Å²) >= 11 is 6.23. The molecule has 0 aliphatic heterocycles. The fourth-order valence-electron chi connectivity index (χ4n) is 5.07. The van der Waals surface area contributed by atoms with E-state index in [9.17, 15) is 18.0 Å². The second-order valence-corrected chi connectivity index (χ2v) is 13.1. The number of anilines is 1. The molecule has 0 heterocycles. The lowest BCUT2D eigenvalue weighted by molar-refractivity contribution is -0.140. The summed E-state index contributed by atoms with van der Waals surface area (Å²) in [6, 6.07) is 27.6. The number of carbonyl (C=O) groups excluding carboxylic acids is 2. The van der Waals surface area contributed by atoms with Gasteiger partial charge in [-0.1, -0.05) is 83.9 Å². The molecule has 2 amide bonds. The fraction of sp³-hybridized carbons (Fsp3) is 0.257. The molecule has 0 spiro atoms. The molecule has 0 bridgehead atoms. The van der Waals surface area contributed by atoms with Crippen molar-refractivity contribution in [2.45, 2.75) is 51.6 Å². The highest BCUT2D eigenvalue weighted by Crippen LogP contribution is 2.30. The van der Waals surface area contributed by atoms with Gasteiger partial charge in [0.2, 0.25) is 11.8 Å². The Morgan fingerprint density at radius 1 is 0.841 bits per heavy atom. The van der Waals surface area contributed by atoms with Gasteiger partial charge in [0.15, 0.2) is 0 Å². The molecule has 0 saturated carbocycles. The Morgan fingerprint density at radius 3 is 2.14 bits per heavy atom. The lowest BCUT2D eigenvalue weighted by Gasteiger charge is -2.34. The van der Waals surface area contributed by atoms with E-state index in [2.05, 4.69) is 5.32 Å². The molecule has 0 unspecified atom stereocenters. The highest BCUT2D eigenvalue weighted by Gasteiger charge is 2.35. The van der Waals surface area contributed by atoms with Crippen LogP contribution in [-0.2, 0) is 32.6 Å². The van der Waals surface area contributed by atoms with E-state index in [0.29, 0.717) is 22.8 Å². The Kier molecular flexibility index (Phi) is 10.8. The quantitative estimate of drug-likeness (QED) is 0.201. The summed E-state index contributed by atoms with van der Waals surface area (Å²) in [7, 11) is -4.19. The van der Waals surface area contributed by atoms with E-state index in [1.54, 1.807) is 37.3 Å². The molecule has 0 radical (unpaired) electrons. The Bertz CT molecular complexity index is 1710. The second kappa shape index (κ2) is 14.6. The zero-order chi connectivity index (χ0) is 31.9. The fourth-order valence-corrected chi connectivity index (χ4v) is 6.77. The van der Waals surface area contributed by atoms with E-state index in [1.807, 2.05) is 75.4 Å². The molecule has 0 saturated heterocycles. The van der Waals surface area contributed by atoms with Crippen molar-refractivity contribution in [3.8, 4) is 0 Å². The van der Waals surface area contributed by atoms with E-state index in [-0.39, 0.29) is 23.8 Å². The lowest BCUT2D eigenvalue weighted by Crippen LogP contribution is -2.53. The molecule has 9 heteroatoms. The third-order valence-electron chi connectivity index (χ3n) is 7.54. The number of sulfonamides is 1. The van der Waals surface area contributed by atoms with Crippen molar-refractivity contribution < 1.29 is 18.0 Å². The molecule has 1 atom stereocenters. The summed E-state index contributed by atoms with van der Waals surface area (Å²) in [6.45, 7) is 7.38. The van der Waals surface area contributed by atoms with Gasteiger partial charge in [0.25, 0.3) is 10.0 Å². The standard InChI is InChI=1S/C35H38ClN3O4S/c1-5-37-35(41)33(22-28-12-7-6-8-13-28)38(23-29-14-10-9-11-26(29)3)34(40)24-39(32-20-17-30(36)21-27(32)4)44(42,43)31-18-15-25(2)16-19-31/h6-21,33H,5,22-24H2,1-4H3,(H,37,41)/t33-/m1/s1. The number of nitrogens with one attached hydrogen (secondary N) is 1. The molecular formula is C35H38ClN3O4S. The first-order valence-electron chi connectivity index (χ1n) is 14.5. The van der Waals surface area contributed by atoms with E-state index < -0.39 is 28.5 Å². The predicted octanol–water partition coefficient (Wildman–Crippen LogP) is 6.24. The average molecular weight is 632 g/mol. The molecule has 7 nitrogen and oxygen atoms in total. The molecule has 0 aliphatic carbocycles. The van der Waals surface area contributed by atoms with Crippen LogP contribution in [0, 0.1) is 20.8 Å². The maximum absolute atomic E-state index is 14.5. The maximum Gasteiger partial charge on any atom is 0.264 e. The molecule has 230 valence electrons. The van der Waals surface area contributed by atoms with Crippen LogP contribution in [0.15, 0.2) is 102 Å². The summed E-state index contributed by atoms with van der Waals surface area (Å²) in [6.07, 6.45) is 0.259. The topological polar surface area (TPSA) is 86.8 Å². The first-order valence-corrected chi connectivity index (χ1v) is 16.3. The zero-order valence-corrected chi connectivity index (χ0v) is 27.0. The smallest absolute Gasteiger partial charge is 0.264 e. The van der Waals surface area contributed by atoms with Gasteiger partial charge in [-0.2, -0.15) is 0 Å². The van der Waals surface area contributed by atoms with Crippen LogP contribution in [-0.4, -0.2) is 44.3 Å². The van der Waals surface area contributed by atoms with E-state index in [0.717, 1.165) is 26.6 Å². The number of nitrogens with zero attached hydrogens (tertiary/aromatic N) is 2. The molecule has 1 N–H and O–H groups in total. The summed E-state index contributed by atoms with van der Waals surface area (Å²) < 4.78 is 29.5. The number of amides is 2. The highest BCUT2D eigenvalue weighted by molar-refractivity contribution is 7.92. The minimum atomic E-state index is -4.19. The van der Waals surface area contributed by atoms with Crippen LogP contribution in [0.3, 0.4) is 0 Å². The Balaban J connectivity index is 1.83. The van der Waals surface area contributed by atoms with Gasteiger partial charge in [-0.3, -0.25) is 13.9 Å². The molecule has 0 fully saturated rings. The van der Waals surface area contributed by atoms with Gasteiger partial charge in [-0.15, -0.1) is 0 Å². The molecule has 0 aromatic heterocycles. The predicted molar refractivity (Wildman–Crippen MR) is 176 cm³/mol. The van der Waals surface area contributed by atoms with Crippen molar-refractivity contribution in [3.05, 3.63) is 130 Å². The SMILES string of the molecule is CCNC(=O)[C@@H](Cc1ccccc1)N(Cc1ccccc1C)C(=O)CN(c1ccc(Cl)cc1C)S(=O)(=O)c1ccc(C)cc1. The normalized spacial score (nSPS) is 11.9. The van der Waals surface area contributed by atoms with Crippen molar-refractivity contribution in [3.63, 3.8) is 0 Å². The van der Waals surface area contributed by atoms with Crippen molar-refractivity contribution in [1.29, 1.82) is 0 Å². The number of hydrogen-bond donors (Lipinski definition) is 1. The average Bonchev–Trinajstić information content (AvgIpc) is 2.99. The van der Waals surface area contributed by atoms with Crippen LogP contribution >= 0.6 is 11.6 Å². The number of aryl methyl sites for hydroxylation is 3.